The zero-order valence-electron chi connectivity index (χ0n) is 14.4. The molecule has 1 saturated heterocycles. The molecule has 0 unspecified atom stereocenters. The van der Waals surface area contributed by atoms with Crippen LogP contribution in [-0.4, -0.2) is 42.1 Å². The first kappa shape index (κ1) is 16.7. The van der Waals surface area contributed by atoms with Gasteiger partial charge in [-0.1, -0.05) is 24.1 Å². The molecule has 2 aromatic rings. The fraction of sp³-hybridized carbons (Fsp3) is 0.450. The van der Waals surface area contributed by atoms with Gasteiger partial charge in [-0.25, -0.2) is 0 Å². The van der Waals surface area contributed by atoms with Gasteiger partial charge in [0.1, 0.15) is 11.5 Å². The quantitative estimate of drug-likeness (QED) is 0.800. The van der Waals surface area contributed by atoms with Crippen LogP contribution in [-0.2, 0) is 0 Å². The molecule has 1 aliphatic heterocycles. The maximum atomic E-state index is 6.03. The minimum absolute atomic E-state index is 0.671. The molecule has 1 aliphatic carbocycles. The monoisotopic (exact) mass is 357 g/mol. The summed E-state index contributed by atoms with van der Waals surface area (Å²) in [5.74, 6) is 1.48. The van der Waals surface area contributed by atoms with Crippen LogP contribution in [0, 0.1) is 0 Å². The molecule has 5 heteroatoms. The number of hydrogen-bond donors (Lipinski definition) is 0. The maximum Gasteiger partial charge on any atom is 0.147 e. The van der Waals surface area contributed by atoms with Crippen LogP contribution in [0.15, 0.2) is 42.7 Å². The number of benzene rings is 1. The molecule has 1 aromatic heterocycles. The number of ether oxygens (including phenoxy) is 1. The van der Waals surface area contributed by atoms with Crippen molar-refractivity contribution in [3.05, 3.63) is 47.7 Å². The summed E-state index contributed by atoms with van der Waals surface area (Å²) in [6, 6.07) is 10.4. The van der Waals surface area contributed by atoms with E-state index in [1.54, 1.807) is 6.20 Å². The Kier molecular flexibility index (Phi) is 5.09. The number of rotatable bonds is 4. The molecule has 0 bridgehead atoms. The Hall–Kier alpha value is -1.78. The Labute approximate surface area is 154 Å². The van der Waals surface area contributed by atoms with Gasteiger partial charge in [-0.05, 0) is 37.5 Å². The zero-order valence-corrected chi connectivity index (χ0v) is 15.2. The molecular formula is C20H24ClN3O. The second-order valence-electron chi connectivity index (χ2n) is 6.90. The topological polar surface area (TPSA) is 28.6 Å². The normalized spacial score (nSPS) is 19.3. The Morgan fingerprint density at radius 1 is 0.960 bits per heavy atom. The highest BCUT2D eigenvalue weighted by molar-refractivity contribution is 6.30. The molecule has 2 heterocycles. The van der Waals surface area contributed by atoms with Crippen LogP contribution in [0.5, 0.6) is 11.5 Å². The van der Waals surface area contributed by atoms with E-state index in [1.165, 1.54) is 32.2 Å². The molecule has 132 valence electrons. The zero-order chi connectivity index (χ0) is 17.1. The van der Waals surface area contributed by atoms with E-state index >= 15 is 0 Å². The number of halogens is 1. The molecule has 2 aliphatic rings. The highest BCUT2D eigenvalue weighted by atomic mass is 35.5. The van der Waals surface area contributed by atoms with Gasteiger partial charge in [-0.2, -0.15) is 0 Å². The standard InChI is InChI=1S/C20H24ClN3O/c21-16-4-1-7-19(12-16)25-20-13-18(14-22-15-20)24-9-3-8-23(10-11-24)17-5-2-6-17/h1,4,7,12-15,17H,2-3,5-6,8-11H2. The van der Waals surface area contributed by atoms with Crippen molar-refractivity contribution in [1.82, 2.24) is 9.88 Å². The fourth-order valence-electron chi connectivity index (χ4n) is 3.62. The van der Waals surface area contributed by atoms with Gasteiger partial charge >= 0.3 is 0 Å². The molecule has 0 amide bonds. The van der Waals surface area contributed by atoms with Crippen LogP contribution >= 0.6 is 11.6 Å². The van der Waals surface area contributed by atoms with E-state index in [0.717, 1.165) is 42.9 Å². The highest BCUT2D eigenvalue weighted by Gasteiger charge is 2.26. The smallest absolute Gasteiger partial charge is 0.147 e. The van der Waals surface area contributed by atoms with E-state index in [0.29, 0.717) is 5.02 Å². The SMILES string of the molecule is Clc1cccc(Oc2cncc(N3CCCN(C4CCC4)CC3)c2)c1. The Balaban J connectivity index is 1.43. The summed E-state index contributed by atoms with van der Waals surface area (Å²) in [4.78, 5) is 9.47. The van der Waals surface area contributed by atoms with Crippen molar-refractivity contribution in [2.24, 2.45) is 0 Å². The number of pyridine rings is 1. The third-order valence-corrected chi connectivity index (χ3v) is 5.45. The minimum atomic E-state index is 0.671. The van der Waals surface area contributed by atoms with Crippen molar-refractivity contribution >= 4 is 17.3 Å². The third kappa shape index (κ3) is 4.07. The van der Waals surface area contributed by atoms with Crippen LogP contribution < -0.4 is 9.64 Å². The van der Waals surface area contributed by atoms with E-state index in [-0.39, 0.29) is 0 Å². The van der Waals surface area contributed by atoms with Gasteiger partial charge in [0.2, 0.25) is 0 Å². The number of nitrogens with zero attached hydrogens (tertiary/aromatic N) is 3. The van der Waals surface area contributed by atoms with Crippen molar-refractivity contribution in [3.8, 4) is 11.5 Å². The van der Waals surface area contributed by atoms with Gasteiger partial charge in [0, 0.05) is 43.3 Å². The van der Waals surface area contributed by atoms with Crippen molar-refractivity contribution < 1.29 is 4.74 Å². The average Bonchev–Trinajstić information content (AvgIpc) is 2.80. The van der Waals surface area contributed by atoms with E-state index in [2.05, 4.69) is 20.9 Å². The molecule has 4 nitrogen and oxygen atoms in total. The van der Waals surface area contributed by atoms with Crippen LogP contribution in [0.25, 0.3) is 0 Å². The lowest BCUT2D eigenvalue weighted by Crippen LogP contribution is -2.42. The van der Waals surface area contributed by atoms with Crippen molar-refractivity contribution in [2.45, 2.75) is 31.7 Å². The van der Waals surface area contributed by atoms with Gasteiger partial charge in [0.25, 0.3) is 0 Å². The highest BCUT2D eigenvalue weighted by Crippen LogP contribution is 2.29. The first-order valence-electron chi connectivity index (χ1n) is 9.15. The largest absolute Gasteiger partial charge is 0.456 e. The average molecular weight is 358 g/mol. The summed E-state index contributed by atoms with van der Waals surface area (Å²) in [7, 11) is 0. The molecule has 0 N–H and O–H groups in total. The molecule has 0 atom stereocenters. The van der Waals surface area contributed by atoms with E-state index in [1.807, 2.05) is 30.5 Å². The predicted octanol–water partition coefficient (Wildman–Crippen LogP) is 4.59. The van der Waals surface area contributed by atoms with E-state index in [4.69, 9.17) is 16.3 Å². The second-order valence-corrected chi connectivity index (χ2v) is 7.34. The second kappa shape index (κ2) is 7.63. The molecule has 0 spiro atoms. The lowest BCUT2D eigenvalue weighted by molar-refractivity contribution is 0.136. The summed E-state index contributed by atoms with van der Waals surface area (Å²) in [5.41, 5.74) is 1.13. The number of hydrogen-bond acceptors (Lipinski definition) is 4. The molecule has 0 radical (unpaired) electrons. The van der Waals surface area contributed by atoms with Crippen molar-refractivity contribution in [2.75, 3.05) is 31.1 Å². The number of aromatic nitrogens is 1. The molecule has 1 aromatic carbocycles. The summed E-state index contributed by atoms with van der Waals surface area (Å²) < 4.78 is 5.92. The first-order valence-corrected chi connectivity index (χ1v) is 9.53. The van der Waals surface area contributed by atoms with Crippen LogP contribution in [0.3, 0.4) is 0 Å². The van der Waals surface area contributed by atoms with Crippen LogP contribution in [0.4, 0.5) is 5.69 Å². The van der Waals surface area contributed by atoms with Crippen LogP contribution in [0.2, 0.25) is 5.02 Å². The molecule has 25 heavy (non-hydrogen) atoms. The van der Waals surface area contributed by atoms with Crippen LogP contribution in [0.1, 0.15) is 25.7 Å². The van der Waals surface area contributed by atoms with Gasteiger partial charge < -0.3 is 9.64 Å². The lowest BCUT2D eigenvalue weighted by atomic mass is 9.91. The Bertz CT molecular complexity index is 720. The van der Waals surface area contributed by atoms with E-state index < -0.39 is 0 Å². The lowest BCUT2D eigenvalue weighted by Gasteiger charge is -2.36. The van der Waals surface area contributed by atoms with Gasteiger partial charge in [0.15, 0.2) is 0 Å². The van der Waals surface area contributed by atoms with E-state index in [9.17, 15) is 0 Å². The maximum absolute atomic E-state index is 6.03. The van der Waals surface area contributed by atoms with Crippen molar-refractivity contribution in [3.63, 3.8) is 0 Å². The molecule has 4 rings (SSSR count). The summed E-state index contributed by atoms with van der Waals surface area (Å²) in [5, 5.41) is 0.671. The first-order chi connectivity index (χ1) is 12.3. The fourth-order valence-corrected chi connectivity index (χ4v) is 3.80. The van der Waals surface area contributed by atoms with Crippen molar-refractivity contribution in [1.29, 1.82) is 0 Å². The predicted molar refractivity (Wildman–Crippen MR) is 102 cm³/mol. The summed E-state index contributed by atoms with van der Waals surface area (Å²) in [6.07, 6.45) is 9.05. The number of anilines is 1. The molecular weight excluding hydrogens is 334 g/mol. The van der Waals surface area contributed by atoms with Gasteiger partial charge in [-0.3, -0.25) is 9.88 Å². The minimum Gasteiger partial charge on any atom is -0.456 e. The Morgan fingerprint density at radius 3 is 2.68 bits per heavy atom. The third-order valence-electron chi connectivity index (χ3n) is 5.22. The molecule has 2 fully saturated rings. The summed E-state index contributed by atoms with van der Waals surface area (Å²) >= 11 is 6.03. The Morgan fingerprint density at radius 2 is 1.88 bits per heavy atom. The van der Waals surface area contributed by atoms with Gasteiger partial charge in [-0.15, -0.1) is 0 Å². The summed E-state index contributed by atoms with van der Waals surface area (Å²) in [6.45, 7) is 4.49. The molecule has 1 saturated carbocycles. The van der Waals surface area contributed by atoms with Gasteiger partial charge in [0.05, 0.1) is 18.1 Å².